The smallest absolute Gasteiger partial charge is 0.0972 e. The van der Waals surface area contributed by atoms with E-state index >= 15 is 0 Å². The first-order chi connectivity index (χ1) is 18.9. The first-order valence-corrected chi connectivity index (χ1v) is 12.8. The van der Waals surface area contributed by atoms with Gasteiger partial charge in [-0.25, -0.2) is 4.98 Å². The molecule has 8 aromatic rings. The second-order valence-corrected chi connectivity index (χ2v) is 9.65. The molecule has 3 heterocycles. The minimum atomic E-state index is 0.917. The molecular formula is C35H21N3. The fourth-order valence-corrected chi connectivity index (χ4v) is 5.89. The van der Waals surface area contributed by atoms with Crippen LogP contribution < -0.4 is 0 Å². The van der Waals surface area contributed by atoms with E-state index in [0.717, 1.165) is 43.8 Å². The van der Waals surface area contributed by atoms with Gasteiger partial charge in [0.05, 0.1) is 16.7 Å². The molecule has 0 fully saturated rings. The summed E-state index contributed by atoms with van der Waals surface area (Å²) >= 11 is 0. The molecule has 0 bridgehead atoms. The molecule has 0 N–H and O–H groups in total. The van der Waals surface area contributed by atoms with E-state index in [1.54, 1.807) is 0 Å². The van der Waals surface area contributed by atoms with Crippen LogP contribution in [0.15, 0.2) is 128 Å². The summed E-state index contributed by atoms with van der Waals surface area (Å²) in [6, 6.07) is 38.5. The van der Waals surface area contributed by atoms with Gasteiger partial charge in [0, 0.05) is 40.3 Å². The summed E-state index contributed by atoms with van der Waals surface area (Å²) in [4.78, 5) is 14.5. The maximum atomic E-state index is 5.24. The third kappa shape index (κ3) is 3.06. The van der Waals surface area contributed by atoms with Gasteiger partial charge >= 0.3 is 0 Å². The van der Waals surface area contributed by atoms with E-state index < -0.39 is 0 Å². The van der Waals surface area contributed by atoms with E-state index in [1.165, 1.54) is 32.7 Å². The third-order valence-electron chi connectivity index (χ3n) is 7.57. The number of rotatable bonds is 2. The highest BCUT2D eigenvalue weighted by molar-refractivity contribution is 6.23. The quantitative estimate of drug-likeness (QED) is 0.182. The van der Waals surface area contributed by atoms with Crippen molar-refractivity contribution in [1.82, 2.24) is 15.0 Å². The lowest BCUT2D eigenvalue weighted by Gasteiger charge is -2.18. The molecule has 5 aromatic carbocycles. The van der Waals surface area contributed by atoms with Crippen LogP contribution in [0.5, 0.6) is 0 Å². The first kappa shape index (κ1) is 21.0. The van der Waals surface area contributed by atoms with Crippen molar-refractivity contribution in [3.63, 3.8) is 0 Å². The van der Waals surface area contributed by atoms with Gasteiger partial charge in [0.15, 0.2) is 0 Å². The summed E-state index contributed by atoms with van der Waals surface area (Å²) in [5, 5.41) is 9.28. The number of hydrogen-bond donors (Lipinski definition) is 0. The van der Waals surface area contributed by atoms with Gasteiger partial charge in [-0.05, 0) is 56.3 Å². The number of benzene rings is 5. The van der Waals surface area contributed by atoms with Crippen LogP contribution in [0.4, 0.5) is 0 Å². The topological polar surface area (TPSA) is 38.7 Å². The fraction of sp³-hybridized carbons (Fsp3) is 0. The minimum absolute atomic E-state index is 0.917. The minimum Gasteiger partial charge on any atom is -0.264 e. The van der Waals surface area contributed by atoms with Crippen molar-refractivity contribution >= 4 is 54.1 Å². The van der Waals surface area contributed by atoms with E-state index in [0.29, 0.717) is 0 Å². The Kier molecular flexibility index (Phi) is 4.52. The predicted octanol–water partition coefficient (Wildman–Crippen LogP) is 8.97. The molecule has 0 aliphatic heterocycles. The molecule has 176 valence electrons. The Morgan fingerprint density at radius 2 is 1.11 bits per heavy atom. The second kappa shape index (κ2) is 8.19. The second-order valence-electron chi connectivity index (χ2n) is 9.65. The normalized spacial score (nSPS) is 11.7. The van der Waals surface area contributed by atoms with Gasteiger partial charge in [-0.15, -0.1) is 0 Å². The molecule has 3 heteroatoms. The van der Waals surface area contributed by atoms with Crippen molar-refractivity contribution in [2.75, 3.05) is 0 Å². The lowest BCUT2D eigenvalue weighted by atomic mass is 9.86. The number of hydrogen-bond acceptors (Lipinski definition) is 3. The monoisotopic (exact) mass is 483 g/mol. The van der Waals surface area contributed by atoms with Crippen LogP contribution >= 0.6 is 0 Å². The average Bonchev–Trinajstić information content (AvgIpc) is 2.99. The Hall–Kier alpha value is -5.15. The number of fused-ring (bicyclic) bond motifs is 6. The first-order valence-electron chi connectivity index (χ1n) is 12.8. The van der Waals surface area contributed by atoms with Crippen molar-refractivity contribution in [3.8, 4) is 22.4 Å². The molecule has 0 unspecified atom stereocenters. The molecule has 38 heavy (non-hydrogen) atoms. The van der Waals surface area contributed by atoms with Crippen molar-refractivity contribution in [3.05, 3.63) is 128 Å². The van der Waals surface area contributed by atoms with Crippen molar-refractivity contribution in [1.29, 1.82) is 0 Å². The highest BCUT2D eigenvalue weighted by atomic mass is 14.8. The van der Waals surface area contributed by atoms with Crippen LogP contribution in [0, 0.1) is 0 Å². The van der Waals surface area contributed by atoms with E-state index in [9.17, 15) is 0 Å². The van der Waals surface area contributed by atoms with E-state index in [2.05, 4.69) is 113 Å². The standard InChI is InChI=1S/C35H21N3/c1-2-10-25-22(7-1)8-5-13-26(25)32-27-11-3-4-12-28(27)33(30-21-36-20-18-29(30)32)31-17-16-24-15-14-23-9-6-19-37-34(23)35(24)38-31/h1-21H. The number of aromatic nitrogens is 3. The molecule has 8 rings (SSSR count). The number of nitrogens with zero attached hydrogens (tertiary/aromatic N) is 3. The van der Waals surface area contributed by atoms with Gasteiger partial charge in [0.2, 0.25) is 0 Å². The zero-order valence-electron chi connectivity index (χ0n) is 20.5. The van der Waals surface area contributed by atoms with Crippen LogP contribution in [0.3, 0.4) is 0 Å². The predicted molar refractivity (Wildman–Crippen MR) is 158 cm³/mol. The van der Waals surface area contributed by atoms with E-state index in [-0.39, 0.29) is 0 Å². The average molecular weight is 484 g/mol. The van der Waals surface area contributed by atoms with Gasteiger partial charge < -0.3 is 0 Å². The Labute approximate surface area is 219 Å². The molecule has 0 saturated carbocycles. The molecule has 0 atom stereocenters. The highest BCUT2D eigenvalue weighted by Crippen LogP contribution is 2.44. The molecule has 0 aliphatic carbocycles. The third-order valence-corrected chi connectivity index (χ3v) is 7.57. The molecule has 0 amide bonds. The van der Waals surface area contributed by atoms with Crippen LogP contribution in [0.2, 0.25) is 0 Å². The Morgan fingerprint density at radius 1 is 0.421 bits per heavy atom. The van der Waals surface area contributed by atoms with Gasteiger partial charge in [-0.2, -0.15) is 0 Å². The zero-order valence-corrected chi connectivity index (χ0v) is 20.5. The Morgan fingerprint density at radius 3 is 2.00 bits per heavy atom. The van der Waals surface area contributed by atoms with Gasteiger partial charge in [-0.1, -0.05) is 91.0 Å². The maximum absolute atomic E-state index is 5.24. The SMILES string of the molecule is c1ccc2c(-c3c4ccccc4c(-c4ccc5ccc6cccnc6c5n4)c4cnccc34)cccc2c1. The fourth-order valence-electron chi connectivity index (χ4n) is 5.89. The van der Waals surface area contributed by atoms with Crippen LogP contribution in [0.25, 0.3) is 76.5 Å². The van der Waals surface area contributed by atoms with Crippen molar-refractivity contribution < 1.29 is 0 Å². The molecular weight excluding hydrogens is 462 g/mol. The van der Waals surface area contributed by atoms with Gasteiger partial charge in [-0.3, -0.25) is 9.97 Å². The lowest BCUT2D eigenvalue weighted by Crippen LogP contribution is -1.94. The molecule has 0 saturated heterocycles. The summed E-state index contributed by atoms with van der Waals surface area (Å²) in [5.41, 5.74) is 6.32. The Bertz CT molecular complexity index is 2130. The summed E-state index contributed by atoms with van der Waals surface area (Å²) in [6.07, 6.45) is 5.71. The van der Waals surface area contributed by atoms with Crippen LogP contribution in [0.1, 0.15) is 0 Å². The van der Waals surface area contributed by atoms with Gasteiger partial charge in [0.25, 0.3) is 0 Å². The number of pyridine rings is 3. The molecule has 0 spiro atoms. The van der Waals surface area contributed by atoms with Crippen LogP contribution in [-0.2, 0) is 0 Å². The summed E-state index contributed by atoms with van der Waals surface area (Å²) in [5.74, 6) is 0. The summed E-state index contributed by atoms with van der Waals surface area (Å²) < 4.78 is 0. The molecule has 0 radical (unpaired) electrons. The maximum Gasteiger partial charge on any atom is 0.0972 e. The largest absolute Gasteiger partial charge is 0.264 e. The summed E-state index contributed by atoms with van der Waals surface area (Å²) in [6.45, 7) is 0. The molecule has 3 aromatic heterocycles. The van der Waals surface area contributed by atoms with Crippen LogP contribution in [-0.4, -0.2) is 15.0 Å². The van der Waals surface area contributed by atoms with E-state index in [4.69, 9.17) is 4.98 Å². The lowest BCUT2D eigenvalue weighted by molar-refractivity contribution is 1.35. The summed E-state index contributed by atoms with van der Waals surface area (Å²) in [7, 11) is 0. The highest BCUT2D eigenvalue weighted by Gasteiger charge is 2.19. The molecule has 3 nitrogen and oxygen atoms in total. The van der Waals surface area contributed by atoms with Gasteiger partial charge in [0.1, 0.15) is 0 Å². The van der Waals surface area contributed by atoms with E-state index in [1.807, 2.05) is 24.7 Å². The Balaban J connectivity index is 1.52. The van der Waals surface area contributed by atoms with Crippen molar-refractivity contribution in [2.45, 2.75) is 0 Å². The zero-order chi connectivity index (χ0) is 25.1. The molecule has 0 aliphatic rings. The van der Waals surface area contributed by atoms with Crippen molar-refractivity contribution in [2.24, 2.45) is 0 Å².